The van der Waals surface area contributed by atoms with E-state index in [0.717, 1.165) is 17.7 Å². The summed E-state index contributed by atoms with van der Waals surface area (Å²) in [6.07, 6.45) is 0.723. The zero-order valence-corrected chi connectivity index (χ0v) is 8.42. The van der Waals surface area contributed by atoms with Crippen molar-refractivity contribution in [2.75, 3.05) is 13.2 Å². The maximum absolute atomic E-state index is 5.43. The second-order valence-electron chi connectivity index (χ2n) is 2.77. The van der Waals surface area contributed by atoms with Crippen molar-refractivity contribution in [3.8, 4) is 17.6 Å². The van der Waals surface area contributed by atoms with E-state index in [-0.39, 0.29) is 0 Å². The van der Waals surface area contributed by atoms with Crippen molar-refractivity contribution in [2.24, 2.45) is 5.73 Å². The molecule has 0 unspecified atom stereocenters. The van der Waals surface area contributed by atoms with Gasteiger partial charge in [-0.1, -0.05) is 24.0 Å². The van der Waals surface area contributed by atoms with Crippen LogP contribution in [0.4, 0.5) is 0 Å². The molecule has 0 aliphatic heterocycles. The van der Waals surface area contributed by atoms with Crippen molar-refractivity contribution in [2.45, 2.75) is 13.3 Å². The van der Waals surface area contributed by atoms with Gasteiger partial charge in [0.2, 0.25) is 0 Å². The highest BCUT2D eigenvalue weighted by atomic mass is 16.5. The van der Waals surface area contributed by atoms with Gasteiger partial charge in [0.1, 0.15) is 5.75 Å². The fourth-order valence-electron chi connectivity index (χ4n) is 1.08. The molecular weight excluding hydrogens is 174 g/mol. The number of nitrogens with two attached hydrogens (primary N) is 1. The molecule has 0 spiro atoms. The van der Waals surface area contributed by atoms with Crippen molar-refractivity contribution < 1.29 is 4.74 Å². The number of ether oxygens (including phenoxy) is 1. The number of para-hydroxylation sites is 1. The zero-order valence-electron chi connectivity index (χ0n) is 8.42. The van der Waals surface area contributed by atoms with Crippen LogP contribution in [0.25, 0.3) is 0 Å². The van der Waals surface area contributed by atoms with Crippen molar-refractivity contribution >= 4 is 0 Å². The molecule has 0 heterocycles. The fraction of sp³-hybridized carbons (Fsp3) is 0.333. The summed E-state index contributed by atoms with van der Waals surface area (Å²) >= 11 is 0. The van der Waals surface area contributed by atoms with Crippen LogP contribution >= 0.6 is 0 Å². The average Bonchev–Trinajstić information content (AvgIpc) is 2.21. The third-order valence-corrected chi connectivity index (χ3v) is 1.68. The first-order chi connectivity index (χ1) is 6.88. The summed E-state index contributed by atoms with van der Waals surface area (Å²) in [5, 5.41) is 0. The van der Waals surface area contributed by atoms with Gasteiger partial charge in [0.15, 0.2) is 0 Å². The highest BCUT2D eigenvalue weighted by molar-refractivity contribution is 5.45. The Hall–Kier alpha value is -1.46. The number of rotatable bonds is 3. The molecule has 74 valence electrons. The molecule has 0 aliphatic carbocycles. The van der Waals surface area contributed by atoms with Crippen molar-refractivity contribution in [1.82, 2.24) is 0 Å². The quantitative estimate of drug-likeness (QED) is 0.736. The van der Waals surface area contributed by atoms with Crippen LogP contribution in [-0.2, 0) is 0 Å². The van der Waals surface area contributed by atoms with E-state index in [1.54, 1.807) is 0 Å². The van der Waals surface area contributed by atoms with Crippen LogP contribution in [0.5, 0.6) is 5.75 Å². The molecule has 2 nitrogen and oxygen atoms in total. The first kappa shape index (κ1) is 10.6. The van der Waals surface area contributed by atoms with Gasteiger partial charge in [0, 0.05) is 13.0 Å². The van der Waals surface area contributed by atoms with Gasteiger partial charge < -0.3 is 10.5 Å². The molecule has 0 atom stereocenters. The van der Waals surface area contributed by atoms with Crippen LogP contribution < -0.4 is 10.5 Å². The Labute approximate surface area is 85.1 Å². The molecular formula is C12H15NO. The minimum atomic E-state index is 0.601. The molecule has 0 aromatic heterocycles. The van der Waals surface area contributed by atoms with E-state index < -0.39 is 0 Å². The number of benzene rings is 1. The molecule has 0 aliphatic rings. The smallest absolute Gasteiger partial charge is 0.134 e. The van der Waals surface area contributed by atoms with E-state index in [9.17, 15) is 0 Å². The van der Waals surface area contributed by atoms with Gasteiger partial charge in [-0.05, 0) is 19.1 Å². The Morgan fingerprint density at radius 1 is 1.36 bits per heavy atom. The van der Waals surface area contributed by atoms with Crippen LogP contribution in [0.15, 0.2) is 24.3 Å². The van der Waals surface area contributed by atoms with Crippen LogP contribution in [-0.4, -0.2) is 13.2 Å². The van der Waals surface area contributed by atoms with Crippen LogP contribution in [0.3, 0.4) is 0 Å². The lowest BCUT2D eigenvalue weighted by Gasteiger charge is -2.04. The van der Waals surface area contributed by atoms with Crippen molar-refractivity contribution in [1.29, 1.82) is 0 Å². The van der Waals surface area contributed by atoms with E-state index in [2.05, 4.69) is 11.8 Å². The highest BCUT2D eigenvalue weighted by Gasteiger charge is 1.96. The topological polar surface area (TPSA) is 35.2 Å². The Morgan fingerprint density at radius 3 is 2.86 bits per heavy atom. The van der Waals surface area contributed by atoms with Crippen molar-refractivity contribution in [3.05, 3.63) is 29.8 Å². The molecule has 0 saturated heterocycles. The lowest BCUT2D eigenvalue weighted by Crippen LogP contribution is -1.96. The summed E-state index contributed by atoms with van der Waals surface area (Å²) in [4.78, 5) is 0. The van der Waals surface area contributed by atoms with Gasteiger partial charge in [0.25, 0.3) is 0 Å². The molecule has 0 saturated carbocycles. The standard InChI is InChI=1S/C12H15NO/c1-2-14-12-9-4-3-7-11(12)8-5-6-10-13/h3-4,7,9H,2,6,10,13H2,1H3. The van der Waals surface area contributed by atoms with Gasteiger partial charge in [-0.25, -0.2) is 0 Å². The van der Waals surface area contributed by atoms with Crippen LogP contribution in [0.1, 0.15) is 18.9 Å². The lowest BCUT2D eigenvalue weighted by molar-refractivity contribution is 0.339. The third kappa shape index (κ3) is 3.12. The number of hydrogen-bond acceptors (Lipinski definition) is 2. The zero-order chi connectivity index (χ0) is 10.2. The largest absolute Gasteiger partial charge is 0.493 e. The molecule has 14 heavy (non-hydrogen) atoms. The molecule has 1 aromatic carbocycles. The minimum Gasteiger partial charge on any atom is -0.493 e. The second-order valence-corrected chi connectivity index (χ2v) is 2.77. The fourth-order valence-corrected chi connectivity index (χ4v) is 1.08. The molecule has 1 rings (SSSR count). The first-order valence-electron chi connectivity index (χ1n) is 4.79. The third-order valence-electron chi connectivity index (χ3n) is 1.68. The Balaban J connectivity index is 2.80. The van der Waals surface area contributed by atoms with E-state index >= 15 is 0 Å². The monoisotopic (exact) mass is 189 g/mol. The van der Waals surface area contributed by atoms with E-state index in [1.165, 1.54) is 0 Å². The van der Waals surface area contributed by atoms with Gasteiger partial charge in [0.05, 0.1) is 12.2 Å². The normalized spacial score (nSPS) is 9.00. The summed E-state index contributed by atoms with van der Waals surface area (Å²) in [5.74, 6) is 6.89. The minimum absolute atomic E-state index is 0.601. The maximum atomic E-state index is 5.43. The maximum Gasteiger partial charge on any atom is 0.134 e. The molecule has 1 aromatic rings. The van der Waals surface area contributed by atoms with E-state index in [4.69, 9.17) is 10.5 Å². The predicted octanol–water partition coefficient (Wildman–Crippen LogP) is 1.79. The molecule has 0 bridgehead atoms. The second kappa shape index (κ2) is 6.06. The predicted molar refractivity (Wildman–Crippen MR) is 58.2 cm³/mol. The lowest BCUT2D eigenvalue weighted by atomic mass is 10.2. The van der Waals surface area contributed by atoms with Crippen LogP contribution in [0, 0.1) is 11.8 Å². The van der Waals surface area contributed by atoms with E-state index in [1.807, 2.05) is 31.2 Å². The van der Waals surface area contributed by atoms with Gasteiger partial charge in [-0.3, -0.25) is 0 Å². The summed E-state index contributed by atoms with van der Waals surface area (Å²) in [7, 11) is 0. The molecule has 2 heteroatoms. The molecule has 0 fully saturated rings. The Bertz CT molecular complexity index is 336. The van der Waals surface area contributed by atoms with Gasteiger partial charge >= 0.3 is 0 Å². The molecule has 2 N–H and O–H groups in total. The van der Waals surface area contributed by atoms with Crippen LogP contribution in [0.2, 0.25) is 0 Å². The highest BCUT2D eigenvalue weighted by Crippen LogP contribution is 2.16. The Morgan fingerprint density at radius 2 is 2.14 bits per heavy atom. The average molecular weight is 189 g/mol. The van der Waals surface area contributed by atoms with E-state index in [0.29, 0.717) is 13.2 Å². The summed E-state index contributed by atoms with van der Waals surface area (Å²) in [5.41, 5.74) is 6.29. The Kier molecular flexibility index (Phi) is 4.60. The SMILES string of the molecule is CCOc1ccccc1C#CCCN. The molecule has 0 radical (unpaired) electrons. The summed E-state index contributed by atoms with van der Waals surface area (Å²) in [6, 6.07) is 7.78. The van der Waals surface area contributed by atoms with Gasteiger partial charge in [-0.15, -0.1) is 0 Å². The number of hydrogen-bond donors (Lipinski definition) is 1. The summed E-state index contributed by atoms with van der Waals surface area (Å²) < 4.78 is 5.43. The van der Waals surface area contributed by atoms with Gasteiger partial charge in [-0.2, -0.15) is 0 Å². The summed E-state index contributed by atoms with van der Waals surface area (Å²) in [6.45, 7) is 3.23. The first-order valence-corrected chi connectivity index (χ1v) is 4.79. The van der Waals surface area contributed by atoms with Crippen molar-refractivity contribution in [3.63, 3.8) is 0 Å². The molecule has 0 amide bonds.